The average molecular weight is 296 g/mol. The Balaban J connectivity index is 2.00. The molecule has 2 rings (SSSR count). The summed E-state index contributed by atoms with van der Waals surface area (Å²) in [5, 5.41) is 14.2. The van der Waals surface area contributed by atoms with Gasteiger partial charge in [0.25, 0.3) is 0 Å². The van der Waals surface area contributed by atoms with Crippen molar-refractivity contribution in [3.8, 4) is 5.69 Å². The van der Waals surface area contributed by atoms with Gasteiger partial charge in [-0.05, 0) is 22.6 Å². The zero-order chi connectivity index (χ0) is 14.4. The van der Waals surface area contributed by atoms with Crippen molar-refractivity contribution in [3.63, 3.8) is 0 Å². The van der Waals surface area contributed by atoms with E-state index in [4.69, 9.17) is 0 Å². The molecule has 1 heterocycles. The zero-order valence-electron chi connectivity index (χ0n) is 11.0. The molecule has 8 nitrogen and oxygen atoms in total. The molecule has 0 bridgehead atoms. The summed E-state index contributed by atoms with van der Waals surface area (Å²) in [4.78, 5) is 0. The summed E-state index contributed by atoms with van der Waals surface area (Å²) in [6.45, 7) is 2.34. The third-order valence-corrected chi connectivity index (χ3v) is 3.96. The van der Waals surface area contributed by atoms with Crippen molar-refractivity contribution in [2.75, 3.05) is 24.2 Å². The lowest BCUT2D eigenvalue weighted by atomic mass is 10.3. The van der Waals surface area contributed by atoms with Gasteiger partial charge in [0.1, 0.15) is 0 Å². The van der Waals surface area contributed by atoms with Gasteiger partial charge >= 0.3 is 0 Å². The summed E-state index contributed by atoms with van der Waals surface area (Å²) in [5.41, 5.74) is 0.801. The van der Waals surface area contributed by atoms with Crippen LogP contribution < -0.4 is 10.0 Å². The number of benzene rings is 1. The quantitative estimate of drug-likeness (QED) is 0.746. The molecule has 20 heavy (non-hydrogen) atoms. The summed E-state index contributed by atoms with van der Waals surface area (Å²) in [5.74, 6) is 0.366. The van der Waals surface area contributed by atoms with Crippen LogP contribution in [-0.4, -0.2) is 47.5 Å². The van der Waals surface area contributed by atoms with Gasteiger partial charge in [-0.15, -0.1) is 0 Å². The summed E-state index contributed by atoms with van der Waals surface area (Å²) < 4.78 is 26.9. The van der Waals surface area contributed by atoms with Crippen LogP contribution in [0.3, 0.4) is 0 Å². The molecule has 0 atom stereocenters. The lowest BCUT2D eigenvalue weighted by molar-refractivity contribution is 0.584. The molecule has 0 fully saturated rings. The fraction of sp³-hybridized carbons (Fsp3) is 0.364. The lowest BCUT2D eigenvalue weighted by Gasteiger charge is -2.07. The first-order valence-electron chi connectivity index (χ1n) is 6.17. The monoisotopic (exact) mass is 296 g/mol. The van der Waals surface area contributed by atoms with E-state index in [0.717, 1.165) is 5.69 Å². The second kappa shape index (κ2) is 6.44. The van der Waals surface area contributed by atoms with Crippen molar-refractivity contribution < 1.29 is 8.42 Å². The minimum Gasteiger partial charge on any atom is -0.352 e. The molecule has 108 valence electrons. The fourth-order valence-electron chi connectivity index (χ4n) is 1.63. The Kier molecular flexibility index (Phi) is 4.64. The molecule has 0 saturated carbocycles. The van der Waals surface area contributed by atoms with Gasteiger partial charge in [-0.1, -0.05) is 30.2 Å². The van der Waals surface area contributed by atoms with E-state index in [1.807, 2.05) is 30.3 Å². The summed E-state index contributed by atoms with van der Waals surface area (Å²) in [6, 6.07) is 9.35. The highest BCUT2D eigenvalue weighted by Crippen LogP contribution is 2.09. The van der Waals surface area contributed by atoms with E-state index in [1.165, 1.54) is 4.68 Å². The van der Waals surface area contributed by atoms with Gasteiger partial charge in [-0.25, -0.2) is 13.1 Å². The van der Waals surface area contributed by atoms with E-state index in [1.54, 1.807) is 6.92 Å². The van der Waals surface area contributed by atoms with E-state index in [9.17, 15) is 8.42 Å². The topological polar surface area (TPSA) is 102 Å². The summed E-state index contributed by atoms with van der Waals surface area (Å²) >= 11 is 0. The first-order valence-corrected chi connectivity index (χ1v) is 7.82. The number of nitrogens with zero attached hydrogens (tertiary/aromatic N) is 4. The lowest BCUT2D eigenvalue weighted by Crippen LogP contribution is -2.29. The second-order valence-electron chi connectivity index (χ2n) is 3.99. The largest absolute Gasteiger partial charge is 0.352 e. The number of hydrogen-bond acceptors (Lipinski definition) is 6. The molecule has 0 aliphatic carbocycles. The highest BCUT2D eigenvalue weighted by Gasteiger charge is 2.11. The molecule has 2 N–H and O–H groups in total. The van der Waals surface area contributed by atoms with Crippen LogP contribution in [0, 0.1) is 0 Å². The van der Waals surface area contributed by atoms with Gasteiger partial charge in [-0.2, -0.15) is 4.68 Å². The van der Waals surface area contributed by atoms with Crippen LogP contribution in [-0.2, 0) is 10.0 Å². The molecular weight excluding hydrogens is 280 g/mol. The highest BCUT2D eigenvalue weighted by molar-refractivity contribution is 7.89. The standard InChI is InChI=1S/C11H16N6O2S/c1-2-13-20(18,19)9-8-12-11-14-15-16-17(11)10-6-4-3-5-7-10/h3-7,13H,2,8-9H2,1H3,(H,12,14,16). The molecule has 0 aliphatic heterocycles. The molecule has 0 saturated heterocycles. The van der Waals surface area contributed by atoms with E-state index < -0.39 is 10.0 Å². The molecule has 0 unspecified atom stereocenters. The summed E-state index contributed by atoms with van der Waals surface area (Å²) in [7, 11) is -3.25. The van der Waals surface area contributed by atoms with Crippen LogP contribution in [0.1, 0.15) is 6.92 Å². The van der Waals surface area contributed by atoms with Crippen LogP contribution in [0.25, 0.3) is 5.69 Å². The first-order chi connectivity index (χ1) is 9.62. The number of sulfonamides is 1. The molecule has 2 aromatic rings. The third-order valence-electron chi connectivity index (χ3n) is 2.49. The highest BCUT2D eigenvalue weighted by atomic mass is 32.2. The maximum absolute atomic E-state index is 11.5. The van der Waals surface area contributed by atoms with Crippen molar-refractivity contribution >= 4 is 16.0 Å². The summed E-state index contributed by atoms with van der Waals surface area (Å²) in [6.07, 6.45) is 0. The minimum atomic E-state index is -3.25. The van der Waals surface area contributed by atoms with E-state index in [2.05, 4.69) is 25.6 Å². The number of para-hydroxylation sites is 1. The third kappa shape index (κ3) is 3.75. The number of tetrazole rings is 1. The Hall–Kier alpha value is -2.00. The van der Waals surface area contributed by atoms with Crippen LogP contribution in [0.2, 0.25) is 0 Å². The van der Waals surface area contributed by atoms with Crippen molar-refractivity contribution in [2.24, 2.45) is 0 Å². The number of rotatable bonds is 7. The van der Waals surface area contributed by atoms with Crippen molar-refractivity contribution in [1.29, 1.82) is 0 Å². The Labute approximate surface area is 117 Å². The minimum absolute atomic E-state index is 0.0392. The van der Waals surface area contributed by atoms with Crippen molar-refractivity contribution in [1.82, 2.24) is 24.9 Å². The molecule has 0 amide bonds. The van der Waals surface area contributed by atoms with Gasteiger partial charge in [-0.3, -0.25) is 0 Å². The van der Waals surface area contributed by atoms with Gasteiger partial charge in [0.15, 0.2) is 0 Å². The smallest absolute Gasteiger partial charge is 0.247 e. The van der Waals surface area contributed by atoms with Gasteiger partial charge < -0.3 is 5.32 Å². The zero-order valence-corrected chi connectivity index (χ0v) is 11.8. The maximum Gasteiger partial charge on any atom is 0.247 e. The Morgan fingerprint density at radius 3 is 2.70 bits per heavy atom. The normalized spacial score (nSPS) is 11.4. The number of aromatic nitrogens is 4. The molecule has 0 aliphatic rings. The second-order valence-corrected chi connectivity index (χ2v) is 5.92. The van der Waals surface area contributed by atoms with Gasteiger partial charge in [0.05, 0.1) is 11.4 Å². The Morgan fingerprint density at radius 2 is 2.00 bits per heavy atom. The first kappa shape index (κ1) is 14.4. The molecular formula is C11H16N6O2S. The predicted molar refractivity (Wildman–Crippen MR) is 75.1 cm³/mol. The number of nitrogens with one attached hydrogen (secondary N) is 2. The molecule has 0 spiro atoms. The van der Waals surface area contributed by atoms with Crippen LogP contribution >= 0.6 is 0 Å². The molecule has 9 heteroatoms. The number of hydrogen-bond donors (Lipinski definition) is 2. The van der Waals surface area contributed by atoms with Crippen LogP contribution in [0.15, 0.2) is 30.3 Å². The predicted octanol–water partition coefficient (Wildman–Crippen LogP) is 0.0135. The van der Waals surface area contributed by atoms with Crippen LogP contribution in [0.4, 0.5) is 5.95 Å². The van der Waals surface area contributed by atoms with Crippen molar-refractivity contribution in [3.05, 3.63) is 30.3 Å². The number of anilines is 1. The van der Waals surface area contributed by atoms with E-state index in [-0.39, 0.29) is 12.3 Å². The van der Waals surface area contributed by atoms with E-state index in [0.29, 0.717) is 12.5 Å². The maximum atomic E-state index is 11.5. The van der Waals surface area contributed by atoms with Crippen molar-refractivity contribution in [2.45, 2.75) is 6.92 Å². The SMILES string of the molecule is CCNS(=O)(=O)CCNc1nnnn1-c1ccccc1. The van der Waals surface area contributed by atoms with Crippen LogP contribution in [0.5, 0.6) is 0 Å². The molecule has 1 aromatic carbocycles. The Bertz CT molecular complexity index is 640. The van der Waals surface area contributed by atoms with Gasteiger partial charge in [0.2, 0.25) is 16.0 Å². The van der Waals surface area contributed by atoms with Gasteiger partial charge in [0, 0.05) is 13.1 Å². The molecule has 0 radical (unpaired) electrons. The fourth-order valence-corrected chi connectivity index (χ4v) is 2.58. The Morgan fingerprint density at radius 1 is 1.25 bits per heavy atom. The molecule has 1 aromatic heterocycles. The average Bonchev–Trinajstić information content (AvgIpc) is 2.88. The van der Waals surface area contributed by atoms with E-state index >= 15 is 0 Å².